The molecule has 1 saturated heterocycles. The average molecular weight is 263 g/mol. The van der Waals surface area contributed by atoms with Gasteiger partial charge in [0.25, 0.3) is 11.1 Å². The summed E-state index contributed by atoms with van der Waals surface area (Å²) in [5, 5.41) is 1.74. The van der Waals surface area contributed by atoms with Gasteiger partial charge in [0.2, 0.25) is 0 Å². The van der Waals surface area contributed by atoms with Crippen LogP contribution in [0.4, 0.5) is 4.79 Å². The van der Waals surface area contributed by atoms with E-state index in [1.54, 1.807) is 0 Å². The second-order valence-corrected chi connectivity index (χ2v) is 4.26. The molecule has 1 N–H and O–H groups in total. The molecule has 2 amide bonds. The van der Waals surface area contributed by atoms with E-state index in [1.165, 1.54) is 25.2 Å². The van der Waals surface area contributed by atoms with Gasteiger partial charge in [-0.05, 0) is 11.8 Å². The molecule has 1 aliphatic rings. The molecule has 90 valence electrons. The molecule has 18 heavy (non-hydrogen) atoms. The van der Waals surface area contributed by atoms with E-state index in [0.717, 1.165) is 11.8 Å². The first-order valence-corrected chi connectivity index (χ1v) is 5.62. The van der Waals surface area contributed by atoms with E-state index in [0.29, 0.717) is 17.1 Å². The summed E-state index contributed by atoms with van der Waals surface area (Å²) in [4.78, 5) is 30.7. The van der Waals surface area contributed by atoms with Gasteiger partial charge in [-0.15, -0.1) is 0 Å². The number of aromatic nitrogens is 2. The Morgan fingerprint density at radius 2 is 1.72 bits per heavy atom. The maximum Gasteiger partial charge on any atom is 0.290 e. The van der Waals surface area contributed by atoms with Gasteiger partial charge in [0.1, 0.15) is 0 Å². The maximum atomic E-state index is 11.7. The summed E-state index contributed by atoms with van der Waals surface area (Å²) < 4.78 is 10.3. The molecule has 0 saturated carbocycles. The Kier molecular flexibility index (Phi) is 2.49. The van der Waals surface area contributed by atoms with Crippen LogP contribution >= 0.6 is 11.8 Å². The molecule has 1 aliphatic heterocycles. The normalized spacial score (nSPS) is 15.0. The van der Waals surface area contributed by atoms with Gasteiger partial charge in [0.15, 0.2) is 24.3 Å². The number of carbonyl (C=O) groups is 2. The van der Waals surface area contributed by atoms with Gasteiger partial charge in [0.05, 0.1) is 22.9 Å². The number of rotatable bonds is 2. The van der Waals surface area contributed by atoms with Crippen molar-refractivity contribution in [2.75, 3.05) is 0 Å². The van der Waals surface area contributed by atoms with Crippen LogP contribution in [-0.2, 0) is 4.79 Å². The lowest BCUT2D eigenvalue weighted by molar-refractivity contribution is -0.115. The molecule has 0 bridgehead atoms. The highest BCUT2D eigenvalue weighted by Crippen LogP contribution is 2.35. The zero-order valence-electron chi connectivity index (χ0n) is 8.75. The number of carbonyl (C=O) groups excluding carboxylic acids is 2. The fourth-order valence-corrected chi connectivity index (χ4v) is 2.28. The van der Waals surface area contributed by atoms with E-state index in [1.807, 2.05) is 0 Å². The maximum absolute atomic E-state index is 11.7. The summed E-state index contributed by atoms with van der Waals surface area (Å²) in [6.45, 7) is 0. The molecular formula is C10H5N3O4S. The summed E-state index contributed by atoms with van der Waals surface area (Å²) in [5.74, 6) is 0.172. The highest BCUT2D eigenvalue weighted by atomic mass is 32.2. The van der Waals surface area contributed by atoms with Crippen LogP contribution in [0.2, 0.25) is 0 Å². The SMILES string of the molecule is O=C1NC(=O)C(=C(c2cnco2)c2cnco2)S1. The number of nitrogens with one attached hydrogen (secondary N) is 1. The van der Waals surface area contributed by atoms with Crippen molar-refractivity contribution in [2.24, 2.45) is 0 Å². The molecule has 3 heterocycles. The Hall–Kier alpha value is -2.35. The van der Waals surface area contributed by atoms with Gasteiger partial charge in [-0.1, -0.05) is 0 Å². The van der Waals surface area contributed by atoms with Crippen molar-refractivity contribution < 1.29 is 18.4 Å². The first-order valence-electron chi connectivity index (χ1n) is 4.81. The van der Waals surface area contributed by atoms with Crippen LogP contribution in [0.25, 0.3) is 5.57 Å². The van der Waals surface area contributed by atoms with Crippen LogP contribution in [-0.4, -0.2) is 21.1 Å². The standard InChI is InChI=1S/C10H5N3O4S/c14-9-8(18-10(15)13-9)7(5-1-11-3-16-5)6-2-12-4-17-6/h1-4H,(H,13,14,15). The third kappa shape index (κ3) is 1.72. The molecule has 3 rings (SSSR count). The van der Waals surface area contributed by atoms with Crippen LogP contribution < -0.4 is 5.32 Å². The zero-order chi connectivity index (χ0) is 12.5. The number of hydrogen-bond donors (Lipinski definition) is 1. The Morgan fingerprint density at radius 3 is 2.11 bits per heavy atom. The zero-order valence-corrected chi connectivity index (χ0v) is 9.56. The van der Waals surface area contributed by atoms with Crippen molar-refractivity contribution in [2.45, 2.75) is 0 Å². The Labute approximate surface area is 104 Å². The topological polar surface area (TPSA) is 98.2 Å². The van der Waals surface area contributed by atoms with E-state index in [4.69, 9.17) is 8.83 Å². The molecule has 0 aromatic carbocycles. The van der Waals surface area contributed by atoms with E-state index in [2.05, 4.69) is 15.3 Å². The van der Waals surface area contributed by atoms with Crippen molar-refractivity contribution >= 4 is 28.5 Å². The van der Waals surface area contributed by atoms with Gasteiger partial charge < -0.3 is 8.83 Å². The highest BCUT2D eigenvalue weighted by Gasteiger charge is 2.32. The first-order chi connectivity index (χ1) is 8.75. The summed E-state index contributed by atoms with van der Waals surface area (Å²) in [5.41, 5.74) is 0.360. The predicted octanol–water partition coefficient (Wildman–Crippen LogP) is 1.41. The minimum absolute atomic E-state index is 0.202. The van der Waals surface area contributed by atoms with Gasteiger partial charge in [0, 0.05) is 0 Å². The molecule has 0 aliphatic carbocycles. The molecule has 8 heteroatoms. The third-order valence-electron chi connectivity index (χ3n) is 2.20. The number of amides is 2. The summed E-state index contributed by atoms with van der Waals surface area (Å²) in [6.07, 6.45) is 5.32. The molecule has 2 aromatic heterocycles. The molecular weight excluding hydrogens is 258 g/mol. The number of hydrogen-bond acceptors (Lipinski definition) is 7. The van der Waals surface area contributed by atoms with Crippen LogP contribution in [0.1, 0.15) is 11.5 Å². The minimum Gasteiger partial charge on any atom is -0.443 e. The van der Waals surface area contributed by atoms with E-state index in [9.17, 15) is 9.59 Å². The second kappa shape index (κ2) is 4.15. The molecule has 0 radical (unpaired) electrons. The minimum atomic E-state index is -0.493. The number of oxazole rings is 2. The fourth-order valence-electron chi connectivity index (χ4n) is 1.50. The first kappa shape index (κ1) is 10.8. The smallest absolute Gasteiger partial charge is 0.290 e. The van der Waals surface area contributed by atoms with Gasteiger partial charge in [-0.25, -0.2) is 9.97 Å². The molecule has 0 unspecified atom stereocenters. The lowest BCUT2D eigenvalue weighted by Crippen LogP contribution is -2.18. The Balaban J connectivity index is 2.20. The molecule has 2 aromatic rings. The van der Waals surface area contributed by atoms with Crippen molar-refractivity contribution in [3.63, 3.8) is 0 Å². The molecule has 1 fully saturated rings. The van der Waals surface area contributed by atoms with Crippen molar-refractivity contribution in [1.29, 1.82) is 0 Å². The molecule has 0 atom stereocenters. The fraction of sp³-hybridized carbons (Fsp3) is 0. The largest absolute Gasteiger partial charge is 0.443 e. The number of nitrogens with zero attached hydrogens (tertiary/aromatic N) is 2. The monoisotopic (exact) mass is 263 g/mol. The second-order valence-electron chi connectivity index (χ2n) is 3.28. The van der Waals surface area contributed by atoms with E-state index >= 15 is 0 Å². The highest BCUT2D eigenvalue weighted by molar-refractivity contribution is 8.18. The van der Waals surface area contributed by atoms with Crippen LogP contribution in [0, 0.1) is 0 Å². The van der Waals surface area contributed by atoms with Crippen molar-refractivity contribution in [3.05, 3.63) is 41.6 Å². The summed E-state index contributed by atoms with van der Waals surface area (Å²) in [6, 6.07) is 0. The summed E-state index contributed by atoms with van der Waals surface area (Å²) in [7, 11) is 0. The average Bonchev–Trinajstić information content (AvgIpc) is 3.04. The third-order valence-corrected chi connectivity index (χ3v) is 3.08. The van der Waals surface area contributed by atoms with Crippen LogP contribution in [0.15, 0.2) is 38.9 Å². The number of imide groups is 1. The lowest BCUT2D eigenvalue weighted by atomic mass is 10.1. The van der Waals surface area contributed by atoms with E-state index in [-0.39, 0.29) is 4.91 Å². The van der Waals surface area contributed by atoms with Crippen molar-refractivity contribution in [3.8, 4) is 0 Å². The van der Waals surface area contributed by atoms with E-state index < -0.39 is 11.1 Å². The van der Waals surface area contributed by atoms with Gasteiger partial charge in [-0.2, -0.15) is 0 Å². The van der Waals surface area contributed by atoms with Crippen LogP contribution in [0.5, 0.6) is 0 Å². The Bertz CT molecular complexity index is 594. The predicted molar refractivity (Wildman–Crippen MR) is 60.2 cm³/mol. The van der Waals surface area contributed by atoms with Gasteiger partial charge in [-0.3, -0.25) is 14.9 Å². The van der Waals surface area contributed by atoms with Crippen LogP contribution in [0.3, 0.4) is 0 Å². The van der Waals surface area contributed by atoms with Crippen molar-refractivity contribution in [1.82, 2.24) is 15.3 Å². The molecule has 0 spiro atoms. The quantitative estimate of drug-likeness (QED) is 0.817. The number of thioether (sulfide) groups is 1. The lowest BCUT2D eigenvalue weighted by Gasteiger charge is -2.01. The summed E-state index contributed by atoms with van der Waals surface area (Å²) >= 11 is 0.783. The molecule has 7 nitrogen and oxygen atoms in total. The van der Waals surface area contributed by atoms with Gasteiger partial charge >= 0.3 is 0 Å². The Morgan fingerprint density at radius 1 is 1.11 bits per heavy atom.